The Balaban J connectivity index is 4.46. The zero-order chi connectivity index (χ0) is 8.85. The van der Waals surface area contributed by atoms with Gasteiger partial charge in [-0.15, -0.1) is 0 Å². The number of allylic oxidation sites excluding steroid dienone is 6. The predicted octanol–water partition coefficient (Wildman–Crippen LogP) is 3.64. The van der Waals surface area contributed by atoms with Gasteiger partial charge in [0.15, 0.2) is 0 Å². The van der Waals surface area contributed by atoms with Gasteiger partial charge in [0, 0.05) is 0 Å². The molecule has 0 aromatic carbocycles. The van der Waals surface area contributed by atoms with Crippen molar-refractivity contribution in [1.82, 2.24) is 0 Å². The van der Waals surface area contributed by atoms with Crippen LogP contribution in [0.3, 0.4) is 0 Å². The van der Waals surface area contributed by atoms with Gasteiger partial charge >= 0.3 is 0 Å². The fraction of sp³-hybridized carbons (Fsp3) is 0.273. The third-order valence-corrected chi connectivity index (χ3v) is 1.72. The summed E-state index contributed by atoms with van der Waals surface area (Å²) < 4.78 is 0. The summed E-state index contributed by atoms with van der Waals surface area (Å²) in [7, 11) is 0. The summed E-state index contributed by atoms with van der Waals surface area (Å²) in [6.45, 7) is 13.6. The molecule has 0 saturated carbocycles. The van der Waals surface area contributed by atoms with Gasteiger partial charge in [0.25, 0.3) is 0 Å². The van der Waals surface area contributed by atoms with Crippen LogP contribution in [0.15, 0.2) is 48.1 Å². The van der Waals surface area contributed by atoms with Gasteiger partial charge in [0.2, 0.25) is 0 Å². The van der Waals surface area contributed by atoms with Gasteiger partial charge in [0.05, 0.1) is 0 Å². The largest absolute Gasteiger partial charge is 0.0985 e. The summed E-state index contributed by atoms with van der Waals surface area (Å²) in [5.74, 6) is 0. The molecule has 0 saturated heterocycles. The average molecular weight is 148 g/mol. The van der Waals surface area contributed by atoms with Gasteiger partial charge in [-0.05, 0) is 31.9 Å². The zero-order valence-electron chi connectivity index (χ0n) is 7.65. The van der Waals surface area contributed by atoms with Gasteiger partial charge in [-0.2, -0.15) is 0 Å². The molecule has 0 heteroatoms. The topological polar surface area (TPSA) is 0 Å². The van der Waals surface area contributed by atoms with Crippen LogP contribution in [0.2, 0.25) is 0 Å². The van der Waals surface area contributed by atoms with Crippen molar-refractivity contribution in [3.8, 4) is 0 Å². The van der Waals surface area contributed by atoms with Crippen LogP contribution in [0.1, 0.15) is 20.8 Å². The molecule has 0 unspecified atom stereocenters. The van der Waals surface area contributed by atoms with E-state index in [1.165, 1.54) is 11.1 Å². The Bertz CT molecular complexity index is 214. The molecular formula is C11H16. The standard InChI is InChI=1S/C11H16/c1-6-9(3)8-11(5)10(4)7-2/h6-8H,1,3H2,2,4-5H3/b10-7-,11-8-. The predicted molar refractivity (Wildman–Crippen MR) is 52.5 cm³/mol. The Kier molecular flexibility index (Phi) is 4.28. The second kappa shape index (κ2) is 4.73. The van der Waals surface area contributed by atoms with E-state index in [1.807, 2.05) is 13.0 Å². The van der Waals surface area contributed by atoms with E-state index in [-0.39, 0.29) is 0 Å². The lowest BCUT2D eigenvalue weighted by Gasteiger charge is -1.99. The highest BCUT2D eigenvalue weighted by atomic mass is 14.0. The molecule has 0 aromatic rings. The average Bonchev–Trinajstić information content (AvgIpc) is 2.02. The van der Waals surface area contributed by atoms with Crippen molar-refractivity contribution in [3.05, 3.63) is 48.1 Å². The molecule has 60 valence electrons. The molecule has 0 aromatic heterocycles. The van der Waals surface area contributed by atoms with Crippen molar-refractivity contribution in [2.75, 3.05) is 0 Å². The second-order valence-electron chi connectivity index (χ2n) is 2.58. The molecule has 0 nitrogen and oxygen atoms in total. The van der Waals surface area contributed by atoms with E-state index < -0.39 is 0 Å². The molecule has 0 bridgehead atoms. The molecule has 0 amide bonds. The molecule has 0 aliphatic carbocycles. The summed E-state index contributed by atoms with van der Waals surface area (Å²) in [5.41, 5.74) is 3.49. The molecule has 0 fully saturated rings. The number of hydrogen-bond donors (Lipinski definition) is 0. The van der Waals surface area contributed by atoms with E-state index in [9.17, 15) is 0 Å². The Morgan fingerprint density at radius 2 is 1.73 bits per heavy atom. The van der Waals surface area contributed by atoms with Crippen molar-refractivity contribution >= 4 is 0 Å². The SMILES string of the molecule is C=CC(=C)/C=C(C)\C(C)=C/C. The van der Waals surface area contributed by atoms with E-state index in [0.29, 0.717) is 0 Å². The van der Waals surface area contributed by atoms with E-state index in [2.05, 4.69) is 33.1 Å². The second-order valence-corrected chi connectivity index (χ2v) is 2.58. The normalized spacial score (nSPS) is 13.0. The number of hydrogen-bond acceptors (Lipinski definition) is 0. The Morgan fingerprint density at radius 3 is 2.09 bits per heavy atom. The van der Waals surface area contributed by atoms with Gasteiger partial charge < -0.3 is 0 Å². The summed E-state index contributed by atoms with van der Waals surface area (Å²) in [5, 5.41) is 0. The Hall–Kier alpha value is -1.04. The third kappa shape index (κ3) is 3.61. The van der Waals surface area contributed by atoms with Gasteiger partial charge in [-0.25, -0.2) is 0 Å². The maximum Gasteiger partial charge on any atom is -0.0332 e. The summed E-state index contributed by atoms with van der Waals surface area (Å²) in [6, 6.07) is 0. The minimum atomic E-state index is 0.962. The Labute approximate surface area is 69.6 Å². The van der Waals surface area contributed by atoms with Crippen LogP contribution in [0.5, 0.6) is 0 Å². The first-order valence-corrected chi connectivity index (χ1v) is 3.74. The van der Waals surface area contributed by atoms with E-state index in [1.54, 1.807) is 6.08 Å². The van der Waals surface area contributed by atoms with E-state index >= 15 is 0 Å². The first-order chi connectivity index (χ1) is 5.11. The van der Waals surface area contributed by atoms with Crippen LogP contribution in [0.25, 0.3) is 0 Å². The van der Waals surface area contributed by atoms with Crippen LogP contribution < -0.4 is 0 Å². The monoisotopic (exact) mass is 148 g/mol. The number of rotatable bonds is 3. The van der Waals surface area contributed by atoms with Gasteiger partial charge in [0.1, 0.15) is 0 Å². The highest BCUT2D eigenvalue weighted by Crippen LogP contribution is 2.10. The summed E-state index contributed by atoms with van der Waals surface area (Å²) in [4.78, 5) is 0. The van der Waals surface area contributed by atoms with Crippen molar-refractivity contribution in [2.24, 2.45) is 0 Å². The van der Waals surface area contributed by atoms with Crippen LogP contribution in [-0.2, 0) is 0 Å². The van der Waals surface area contributed by atoms with Gasteiger partial charge in [-0.3, -0.25) is 0 Å². The lowest BCUT2D eigenvalue weighted by Crippen LogP contribution is -1.78. The fourth-order valence-corrected chi connectivity index (χ4v) is 0.679. The zero-order valence-corrected chi connectivity index (χ0v) is 7.65. The summed E-state index contributed by atoms with van der Waals surface area (Å²) in [6.07, 6.45) is 5.87. The summed E-state index contributed by atoms with van der Waals surface area (Å²) >= 11 is 0. The van der Waals surface area contributed by atoms with E-state index in [0.717, 1.165) is 5.57 Å². The first-order valence-electron chi connectivity index (χ1n) is 3.74. The maximum absolute atomic E-state index is 3.81. The van der Waals surface area contributed by atoms with Crippen molar-refractivity contribution in [1.29, 1.82) is 0 Å². The lowest BCUT2D eigenvalue weighted by atomic mass is 10.1. The fourth-order valence-electron chi connectivity index (χ4n) is 0.679. The highest BCUT2D eigenvalue weighted by molar-refractivity contribution is 5.37. The van der Waals surface area contributed by atoms with Crippen molar-refractivity contribution in [3.63, 3.8) is 0 Å². The molecule has 0 radical (unpaired) electrons. The molecule has 11 heavy (non-hydrogen) atoms. The van der Waals surface area contributed by atoms with E-state index in [4.69, 9.17) is 0 Å². The van der Waals surface area contributed by atoms with Crippen molar-refractivity contribution in [2.45, 2.75) is 20.8 Å². The molecule has 0 aliphatic heterocycles. The Morgan fingerprint density at radius 1 is 1.18 bits per heavy atom. The van der Waals surface area contributed by atoms with Crippen LogP contribution in [0.4, 0.5) is 0 Å². The minimum absolute atomic E-state index is 0.962. The first kappa shape index (κ1) is 9.96. The molecule has 0 rings (SSSR count). The van der Waals surface area contributed by atoms with Crippen LogP contribution in [-0.4, -0.2) is 0 Å². The minimum Gasteiger partial charge on any atom is -0.0985 e. The van der Waals surface area contributed by atoms with Crippen molar-refractivity contribution < 1.29 is 0 Å². The lowest BCUT2D eigenvalue weighted by molar-refractivity contribution is 1.32. The maximum atomic E-state index is 3.81. The molecule has 0 heterocycles. The van der Waals surface area contributed by atoms with Crippen LogP contribution >= 0.6 is 0 Å². The molecule has 0 spiro atoms. The quantitative estimate of drug-likeness (QED) is 0.536. The molecular weight excluding hydrogens is 132 g/mol. The van der Waals surface area contributed by atoms with Gasteiger partial charge in [-0.1, -0.05) is 37.0 Å². The highest BCUT2D eigenvalue weighted by Gasteiger charge is 1.89. The third-order valence-electron chi connectivity index (χ3n) is 1.72. The smallest absolute Gasteiger partial charge is 0.0332 e. The molecule has 0 aliphatic rings. The van der Waals surface area contributed by atoms with Crippen LogP contribution in [0, 0.1) is 0 Å². The molecule has 0 N–H and O–H groups in total. The molecule has 0 atom stereocenters.